The van der Waals surface area contributed by atoms with Gasteiger partial charge in [0.25, 0.3) is 0 Å². The molecule has 1 fully saturated rings. The van der Waals surface area contributed by atoms with Gasteiger partial charge in [0.15, 0.2) is 0 Å². The van der Waals surface area contributed by atoms with Crippen LogP contribution in [0.3, 0.4) is 0 Å². The average Bonchev–Trinajstić information content (AvgIpc) is 2.68. The Bertz CT molecular complexity index is 835. The summed E-state index contributed by atoms with van der Waals surface area (Å²) in [5.41, 5.74) is 2.86. The van der Waals surface area contributed by atoms with Crippen molar-refractivity contribution in [2.75, 3.05) is 50.1 Å². The Kier molecular flexibility index (Phi) is 6.18. The van der Waals surface area contributed by atoms with Gasteiger partial charge in [-0.05, 0) is 38.5 Å². The number of methoxy groups -OCH3 is 1. The van der Waals surface area contributed by atoms with E-state index >= 15 is 0 Å². The van der Waals surface area contributed by atoms with Crippen molar-refractivity contribution in [2.24, 2.45) is 0 Å². The van der Waals surface area contributed by atoms with Gasteiger partial charge in [-0.3, -0.25) is 0 Å². The molecule has 1 N–H and O–H groups in total. The number of rotatable bonds is 5. The minimum Gasteiger partial charge on any atom is -0.495 e. The number of hydrogen-bond acceptors (Lipinski definition) is 7. The molecule has 8 nitrogen and oxygen atoms in total. The number of hydrogen-bond donors (Lipinski definition) is 1. The Balaban J connectivity index is 1.74. The molecule has 0 aliphatic carbocycles. The molecule has 1 saturated heterocycles. The van der Waals surface area contributed by atoms with Crippen LogP contribution in [0.2, 0.25) is 0 Å². The van der Waals surface area contributed by atoms with Crippen LogP contribution >= 0.6 is 0 Å². The maximum absolute atomic E-state index is 11.9. The largest absolute Gasteiger partial charge is 0.495 e. The number of benzene rings is 1. The van der Waals surface area contributed by atoms with E-state index in [-0.39, 0.29) is 6.09 Å². The molecule has 150 valence electrons. The number of ether oxygens (including phenoxy) is 2. The smallest absolute Gasteiger partial charge is 0.409 e. The summed E-state index contributed by atoms with van der Waals surface area (Å²) in [5, 5.41) is 3.34. The maximum atomic E-state index is 11.9. The Morgan fingerprint density at radius 2 is 1.89 bits per heavy atom. The zero-order valence-corrected chi connectivity index (χ0v) is 16.9. The van der Waals surface area contributed by atoms with Crippen LogP contribution in [0.4, 0.5) is 22.2 Å². The third-order valence-corrected chi connectivity index (χ3v) is 4.55. The topological polar surface area (TPSA) is 79.8 Å². The van der Waals surface area contributed by atoms with E-state index in [2.05, 4.69) is 20.2 Å². The molecule has 2 aromatic rings. The number of nitrogens with one attached hydrogen (secondary N) is 1. The fraction of sp³-hybridized carbons (Fsp3) is 0.450. The number of carbonyl (C=O) groups is 1. The standard InChI is InChI=1S/C20H27N5O3/c1-5-28-20(26)25-10-8-24(9-11-25)19-21-15(3)13-18(23-19)22-16-12-14(2)6-7-17(16)27-4/h6-7,12-13H,5,8-11H2,1-4H3,(H,21,22,23). The van der Waals surface area contributed by atoms with Crippen LogP contribution in [0.1, 0.15) is 18.2 Å². The van der Waals surface area contributed by atoms with Crippen LogP contribution < -0.4 is 15.0 Å². The fourth-order valence-electron chi connectivity index (χ4n) is 3.12. The van der Waals surface area contributed by atoms with E-state index in [1.54, 1.807) is 12.0 Å². The third kappa shape index (κ3) is 4.62. The molecule has 1 amide bonds. The van der Waals surface area contributed by atoms with E-state index < -0.39 is 0 Å². The lowest BCUT2D eigenvalue weighted by Gasteiger charge is -2.34. The highest BCUT2D eigenvalue weighted by Gasteiger charge is 2.23. The molecular formula is C20H27N5O3. The van der Waals surface area contributed by atoms with Gasteiger partial charge in [-0.1, -0.05) is 6.07 Å². The molecule has 28 heavy (non-hydrogen) atoms. The second-order valence-corrected chi connectivity index (χ2v) is 6.70. The minimum atomic E-state index is -0.263. The molecule has 3 rings (SSSR count). The number of nitrogens with zero attached hydrogens (tertiary/aromatic N) is 4. The predicted octanol–water partition coefficient (Wildman–Crippen LogP) is 3.12. The molecule has 0 spiro atoms. The molecule has 0 saturated carbocycles. The molecule has 1 aromatic heterocycles. The summed E-state index contributed by atoms with van der Waals surface area (Å²) in [6, 6.07) is 7.86. The minimum absolute atomic E-state index is 0.263. The highest BCUT2D eigenvalue weighted by Crippen LogP contribution is 2.28. The summed E-state index contributed by atoms with van der Waals surface area (Å²) in [4.78, 5) is 24.9. The van der Waals surface area contributed by atoms with Crippen molar-refractivity contribution in [1.82, 2.24) is 14.9 Å². The third-order valence-electron chi connectivity index (χ3n) is 4.55. The number of aryl methyl sites for hydroxylation is 2. The molecule has 1 aliphatic rings. The normalized spacial score (nSPS) is 14.0. The first kappa shape index (κ1) is 19.7. The van der Waals surface area contributed by atoms with Gasteiger partial charge in [-0.25, -0.2) is 9.78 Å². The second kappa shape index (κ2) is 8.77. The molecule has 0 radical (unpaired) electrons. The first-order chi connectivity index (χ1) is 13.5. The highest BCUT2D eigenvalue weighted by atomic mass is 16.6. The van der Waals surface area contributed by atoms with Crippen molar-refractivity contribution in [2.45, 2.75) is 20.8 Å². The number of anilines is 3. The van der Waals surface area contributed by atoms with E-state index in [0.717, 1.165) is 22.7 Å². The second-order valence-electron chi connectivity index (χ2n) is 6.70. The number of piperazine rings is 1. The van der Waals surface area contributed by atoms with Gasteiger partial charge in [-0.15, -0.1) is 0 Å². The van der Waals surface area contributed by atoms with Gasteiger partial charge >= 0.3 is 6.09 Å². The Morgan fingerprint density at radius 1 is 1.14 bits per heavy atom. The molecule has 0 unspecified atom stereocenters. The van der Waals surface area contributed by atoms with Gasteiger partial charge < -0.3 is 24.6 Å². The van der Waals surface area contributed by atoms with Crippen molar-refractivity contribution in [3.05, 3.63) is 35.5 Å². The Labute approximate surface area is 165 Å². The van der Waals surface area contributed by atoms with Gasteiger partial charge in [0.2, 0.25) is 5.95 Å². The van der Waals surface area contributed by atoms with Crippen LogP contribution in [0, 0.1) is 13.8 Å². The van der Waals surface area contributed by atoms with Gasteiger partial charge in [0, 0.05) is 37.9 Å². The SMILES string of the molecule is CCOC(=O)N1CCN(c2nc(C)cc(Nc3cc(C)ccc3OC)n2)CC1. The van der Waals surface area contributed by atoms with E-state index in [1.807, 2.05) is 45.0 Å². The first-order valence-corrected chi connectivity index (χ1v) is 9.44. The molecular weight excluding hydrogens is 358 g/mol. The molecule has 2 heterocycles. The summed E-state index contributed by atoms with van der Waals surface area (Å²) >= 11 is 0. The van der Waals surface area contributed by atoms with Crippen LogP contribution in [0.25, 0.3) is 0 Å². The summed E-state index contributed by atoms with van der Waals surface area (Å²) in [6.07, 6.45) is -0.263. The number of amides is 1. The molecule has 1 aromatic carbocycles. The highest BCUT2D eigenvalue weighted by molar-refractivity contribution is 5.68. The summed E-state index contributed by atoms with van der Waals surface area (Å²) < 4.78 is 10.5. The van der Waals surface area contributed by atoms with Gasteiger partial charge in [0.1, 0.15) is 11.6 Å². The maximum Gasteiger partial charge on any atom is 0.409 e. The lowest BCUT2D eigenvalue weighted by molar-refractivity contribution is 0.105. The lowest BCUT2D eigenvalue weighted by Crippen LogP contribution is -2.49. The monoisotopic (exact) mass is 385 g/mol. The summed E-state index contributed by atoms with van der Waals surface area (Å²) in [5.74, 6) is 2.11. The molecule has 0 atom stereocenters. The zero-order chi connectivity index (χ0) is 20.1. The van der Waals surface area contributed by atoms with Crippen molar-refractivity contribution >= 4 is 23.5 Å². The van der Waals surface area contributed by atoms with E-state index in [1.165, 1.54) is 0 Å². The Morgan fingerprint density at radius 3 is 2.57 bits per heavy atom. The van der Waals surface area contributed by atoms with E-state index in [0.29, 0.717) is 44.6 Å². The van der Waals surface area contributed by atoms with Gasteiger partial charge in [-0.2, -0.15) is 4.98 Å². The van der Waals surface area contributed by atoms with Crippen molar-refractivity contribution in [3.8, 4) is 5.75 Å². The summed E-state index contributed by atoms with van der Waals surface area (Å²) in [7, 11) is 1.65. The summed E-state index contributed by atoms with van der Waals surface area (Å²) in [6.45, 7) is 8.67. The quantitative estimate of drug-likeness (QED) is 0.847. The number of carbonyl (C=O) groups excluding carboxylic acids is 1. The van der Waals surface area contributed by atoms with Crippen molar-refractivity contribution in [3.63, 3.8) is 0 Å². The number of aromatic nitrogens is 2. The van der Waals surface area contributed by atoms with Crippen LogP contribution in [0.5, 0.6) is 5.75 Å². The average molecular weight is 385 g/mol. The molecule has 1 aliphatic heterocycles. The van der Waals surface area contributed by atoms with Crippen LogP contribution in [0.15, 0.2) is 24.3 Å². The van der Waals surface area contributed by atoms with E-state index in [4.69, 9.17) is 9.47 Å². The van der Waals surface area contributed by atoms with Crippen molar-refractivity contribution < 1.29 is 14.3 Å². The van der Waals surface area contributed by atoms with Crippen molar-refractivity contribution in [1.29, 1.82) is 0 Å². The van der Waals surface area contributed by atoms with Crippen LogP contribution in [-0.4, -0.2) is 60.9 Å². The zero-order valence-electron chi connectivity index (χ0n) is 16.9. The van der Waals surface area contributed by atoms with Crippen LogP contribution in [-0.2, 0) is 4.74 Å². The molecule has 0 bridgehead atoms. The lowest BCUT2D eigenvalue weighted by atomic mass is 10.2. The Hall–Kier alpha value is -3.03. The molecule has 8 heteroatoms. The van der Waals surface area contributed by atoms with E-state index in [9.17, 15) is 4.79 Å². The van der Waals surface area contributed by atoms with Gasteiger partial charge in [0.05, 0.1) is 19.4 Å². The first-order valence-electron chi connectivity index (χ1n) is 9.44. The predicted molar refractivity (Wildman–Crippen MR) is 109 cm³/mol. The fourth-order valence-corrected chi connectivity index (χ4v) is 3.12.